The highest BCUT2D eigenvalue weighted by Gasteiger charge is 2.56. The van der Waals surface area contributed by atoms with Gasteiger partial charge in [-0.15, -0.1) is 0 Å². The zero-order valence-corrected chi connectivity index (χ0v) is 33.2. The van der Waals surface area contributed by atoms with E-state index in [-0.39, 0.29) is 62.0 Å². The van der Waals surface area contributed by atoms with Gasteiger partial charge in [0.05, 0.1) is 30.1 Å². The van der Waals surface area contributed by atoms with Crippen molar-refractivity contribution < 1.29 is 33.3 Å². The third-order valence-corrected chi connectivity index (χ3v) is 11.6. The highest BCUT2D eigenvalue weighted by atomic mass is 19.1. The number of carboxylic acids is 1. The SMILES string of the molecule is COCOc1cc(-c2c(CCC#N)cc3c(nc(N4CC(N(C)C)C4)c4nc(CCC(=O)O)n([C@H]5[C@@H]6C[C@H]5N(C(=O)OC(C)(C)C)C6)c43)c2F)c2ccccc2c1. The van der Waals surface area contributed by atoms with Crippen molar-refractivity contribution >= 4 is 50.6 Å². The maximum Gasteiger partial charge on any atom is 0.410 e. The van der Waals surface area contributed by atoms with E-state index < -0.39 is 23.5 Å². The normalized spacial score (nSPS) is 19.3. The number of aromatic nitrogens is 3. The number of carbonyl (C=O) groups is 2. The van der Waals surface area contributed by atoms with Crippen LogP contribution in [-0.2, 0) is 27.1 Å². The minimum Gasteiger partial charge on any atom is -0.481 e. The molecule has 3 aromatic carbocycles. The van der Waals surface area contributed by atoms with Crippen LogP contribution in [0, 0.1) is 23.1 Å². The zero-order valence-electron chi connectivity index (χ0n) is 33.2. The number of likely N-dealkylation sites (N-methyl/N-ethyl adjacent to an activating group) is 1. The summed E-state index contributed by atoms with van der Waals surface area (Å²) in [5, 5.41) is 21.8. The van der Waals surface area contributed by atoms with Crippen LogP contribution in [0.4, 0.5) is 15.0 Å². The molecule has 1 aliphatic carbocycles. The van der Waals surface area contributed by atoms with Crippen molar-refractivity contribution in [2.45, 2.75) is 76.6 Å². The molecule has 298 valence electrons. The van der Waals surface area contributed by atoms with Crippen molar-refractivity contribution in [2.24, 2.45) is 5.92 Å². The van der Waals surface area contributed by atoms with Crippen molar-refractivity contribution in [3.8, 4) is 22.9 Å². The highest BCUT2D eigenvalue weighted by Crippen LogP contribution is 2.53. The number of halogens is 1. The molecule has 0 spiro atoms. The van der Waals surface area contributed by atoms with Gasteiger partial charge in [0.2, 0.25) is 0 Å². The topological polar surface area (TPSA) is 146 Å². The van der Waals surface area contributed by atoms with Crippen molar-refractivity contribution in [3.05, 3.63) is 59.7 Å². The number of pyridine rings is 1. The van der Waals surface area contributed by atoms with E-state index in [0.717, 1.165) is 17.2 Å². The van der Waals surface area contributed by atoms with Crippen LogP contribution in [0.25, 0.3) is 43.8 Å². The summed E-state index contributed by atoms with van der Waals surface area (Å²) in [5.41, 5.74) is 2.25. The van der Waals surface area contributed by atoms with E-state index in [1.807, 2.05) is 77.3 Å². The summed E-state index contributed by atoms with van der Waals surface area (Å²) in [6.07, 6.45) is 0.747. The lowest BCUT2D eigenvalue weighted by atomic mass is 9.79. The van der Waals surface area contributed by atoms with E-state index in [2.05, 4.69) is 20.4 Å². The Kier molecular flexibility index (Phi) is 9.94. The molecule has 4 aliphatic rings. The van der Waals surface area contributed by atoms with Crippen LogP contribution >= 0.6 is 0 Å². The number of methoxy groups -OCH3 is 1. The minimum atomic E-state index is -0.959. The molecule has 3 aliphatic heterocycles. The molecule has 57 heavy (non-hydrogen) atoms. The molecule has 1 amide bonds. The molecule has 13 nitrogen and oxygen atoms in total. The largest absolute Gasteiger partial charge is 0.481 e. The molecular weight excluding hydrogens is 730 g/mol. The summed E-state index contributed by atoms with van der Waals surface area (Å²) < 4.78 is 37.0. The number of anilines is 1. The van der Waals surface area contributed by atoms with Gasteiger partial charge in [0.15, 0.2) is 18.4 Å². The molecule has 5 heterocycles. The standard InChI is InChI=1S/C43H48FN7O6/c1-43(2,3)57-42(54)50-20-26-18-32(50)39(26)51-33(13-14-34(52)53)46-38-40(51)31-17-25(11-9-15-45)35(36(44)37(31)47-41(38)49-21-27(22-49)48(4)5)30-19-28(56-23-55-6)16-24-10-7-8-12-29(24)30/h7-8,10,12,16-17,19,26-27,32,39H,9,11,13-14,18,20-23H2,1-6H3,(H,52,53)/t26-,32-,39+/m1/s1. The molecule has 0 unspecified atom stereocenters. The lowest BCUT2D eigenvalue weighted by Gasteiger charge is -2.43. The van der Waals surface area contributed by atoms with E-state index in [1.165, 1.54) is 7.11 Å². The van der Waals surface area contributed by atoms with E-state index in [1.54, 1.807) is 4.90 Å². The van der Waals surface area contributed by atoms with E-state index in [0.29, 0.717) is 70.1 Å². The first-order valence-corrected chi connectivity index (χ1v) is 19.5. The Balaban J connectivity index is 1.40. The van der Waals surface area contributed by atoms with Gasteiger partial charge in [0, 0.05) is 62.5 Å². The molecular formula is C43H48FN7O6. The molecule has 14 heteroatoms. The highest BCUT2D eigenvalue weighted by molar-refractivity contribution is 6.10. The van der Waals surface area contributed by atoms with Gasteiger partial charge in [-0.3, -0.25) is 4.79 Å². The first-order chi connectivity index (χ1) is 27.3. The fraction of sp³-hybridized carbons (Fsp3) is 0.465. The van der Waals surface area contributed by atoms with Gasteiger partial charge >= 0.3 is 12.1 Å². The average Bonchev–Trinajstić information content (AvgIpc) is 3.84. The number of carbonyl (C=O) groups excluding carboxylic acids is 1. The molecule has 3 saturated heterocycles. The molecule has 3 atom stereocenters. The predicted octanol–water partition coefficient (Wildman–Crippen LogP) is 6.93. The average molecular weight is 778 g/mol. The number of aryl methyl sites for hydroxylation is 2. The van der Waals surface area contributed by atoms with Crippen LogP contribution in [0.5, 0.6) is 5.75 Å². The van der Waals surface area contributed by atoms with E-state index >= 15 is 4.39 Å². The number of benzene rings is 3. The molecule has 9 rings (SSSR count). The Hall–Kier alpha value is -5.52. The second-order valence-corrected chi connectivity index (χ2v) is 16.7. The maximum absolute atomic E-state index is 18.0. The number of ether oxygens (including phenoxy) is 3. The zero-order chi connectivity index (χ0) is 40.3. The second kappa shape index (κ2) is 14.8. The van der Waals surface area contributed by atoms with Crippen LogP contribution in [0.3, 0.4) is 0 Å². The van der Waals surface area contributed by atoms with Gasteiger partial charge < -0.3 is 38.6 Å². The van der Waals surface area contributed by atoms with Gasteiger partial charge in [0.25, 0.3) is 0 Å². The van der Waals surface area contributed by atoms with Gasteiger partial charge in [0.1, 0.15) is 28.2 Å². The number of carboxylic acid groups (broad SMARTS) is 1. The number of hydrogen-bond donors (Lipinski definition) is 1. The van der Waals surface area contributed by atoms with E-state index in [4.69, 9.17) is 24.2 Å². The summed E-state index contributed by atoms with van der Waals surface area (Å²) in [5.74, 6) is 0.147. The Morgan fingerprint density at radius 3 is 2.53 bits per heavy atom. The van der Waals surface area contributed by atoms with Crippen LogP contribution in [0.15, 0.2) is 42.5 Å². The monoisotopic (exact) mass is 777 g/mol. The van der Waals surface area contributed by atoms with Crippen molar-refractivity contribution in [1.29, 1.82) is 5.26 Å². The fourth-order valence-electron chi connectivity index (χ4n) is 8.81. The summed E-state index contributed by atoms with van der Waals surface area (Å²) in [4.78, 5) is 41.8. The van der Waals surface area contributed by atoms with Crippen LogP contribution in [-0.4, -0.2) is 107 Å². The molecule has 0 radical (unpaired) electrons. The fourth-order valence-corrected chi connectivity index (χ4v) is 8.81. The molecule has 5 aromatic rings. The third-order valence-electron chi connectivity index (χ3n) is 11.6. The molecule has 2 aromatic heterocycles. The first-order valence-electron chi connectivity index (χ1n) is 19.5. The lowest BCUT2D eigenvalue weighted by molar-refractivity contribution is -0.137. The van der Waals surface area contributed by atoms with Gasteiger partial charge in [-0.05, 0) is 87.8 Å². The molecule has 1 N–H and O–H groups in total. The lowest BCUT2D eigenvalue weighted by Crippen LogP contribution is -2.57. The number of aliphatic carboxylic acids is 1. The van der Waals surface area contributed by atoms with Crippen molar-refractivity contribution in [2.75, 3.05) is 52.5 Å². The Labute approximate surface area is 330 Å². The Morgan fingerprint density at radius 2 is 1.82 bits per heavy atom. The summed E-state index contributed by atoms with van der Waals surface area (Å²) in [7, 11) is 5.59. The quantitative estimate of drug-likeness (QED) is 0.132. The number of hydrogen-bond acceptors (Lipinski definition) is 10. The van der Waals surface area contributed by atoms with Crippen LogP contribution < -0.4 is 9.64 Å². The summed E-state index contributed by atoms with van der Waals surface area (Å²) in [6.45, 7) is 7.31. The van der Waals surface area contributed by atoms with Gasteiger partial charge in [-0.25, -0.2) is 19.2 Å². The van der Waals surface area contributed by atoms with Crippen molar-refractivity contribution in [3.63, 3.8) is 0 Å². The van der Waals surface area contributed by atoms with Gasteiger partial charge in [-0.1, -0.05) is 24.3 Å². The molecule has 2 bridgehead atoms. The van der Waals surface area contributed by atoms with Crippen LogP contribution in [0.1, 0.15) is 57.5 Å². The molecule has 4 fully saturated rings. The van der Waals surface area contributed by atoms with E-state index in [9.17, 15) is 20.0 Å². The summed E-state index contributed by atoms with van der Waals surface area (Å²) in [6, 6.07) is 15.4. The number of fused-ring (bicyclic) bond motifs is 5. The number of nitrogens with zero attached hydrogens (tertiary/aromatic N) is 7. The Bertz CT molecular complexity index is 2450. The van der Waals surface area contributed by atoms with Crippen molar-refractivity contribution in [1.82, 2.24) is 24.3 Å². The van der Waals surface area contributed by atoms with Gasteiger partial charge in [-0.2, -0.15) is 5.26 Å². The van der Waals surface area contributed by atoms with Crippen LogP contribution in [0.2, 0.25) is 0 Å². The predicted molar refractivity (Wildman–Crippen MR) is 214 cm³/mol. The number of nitriles is 1. The smallest absolute Gasteiger partial charge is 0.410 e. The number of imidazole rings is 1. The molecule has 1 saturated carbocycles. The number of rotatable bonds is 12. The first kappa shape index (κ1) is 38.4. The third kappa shape index (κ3) is 6.86. The second-order valence-electron chi connectivity index (χ2n) is 16.7. The number of amides is 1. The minimum absolute atomic E-state index is 0.00859. The maximum atomic E-state index is 18.0. The summed E-state index contributed by atoms with van der Waals surface area (Å²) >= 11 is 0. The Morgan fingerprint density at radius 1 is 1.05 bits per heavy atom.